The summed E-state index contributed by atoms with van der Waals surface area (Å²) in [6.45, 7) is 4.38. The lowest BCUT2D eigenvalue weighted by Gasteiger charge is -2.18. The van der Waals surface area contributed by atoms with Crippen LogP contribution in [-0.4, -0.2) is 11.7 Å². The number of aliphatic hydroxyl groups excluding tert-OH is 1. The van der Waals surface area contributed by atoms with Crippen molar-refractivity contribution in [2.45, 2.75) is 31.1 Å². The Hall–Kier alpha value is -7.58. The maximum Gasteiger partial charge on any atom is 0.0431 e. The van der Waals surface area contributed by atoms with E-state index < -0.39 is 0 Å². The Balaban J connectivity index is 0.000000130. The molecule has 0 spiro atoms. The van der Waals surface area contributed by atoms with Gasteiger partial charge in [0.25, 0.3) is 0 Å². The highest BCUT2D eigenvalue weighted by Gasteiger charge is 2.37. The topological polar surface area (TPSA) is 20.2 Å². The molecule has 0 saturated heterocycles. The van der Waals surface area contributed by atoms with Crippen molar-refractivity contribution in [1.82, 2.24) is 0 Å². The van der Waals surface area contributed by atoms with E-state index in [1.165, 1.54) is 131 Å². The van der Waals surface area contributed by atoms with Gasteiger partial charge < -0.3 is 5.11 Å². The van der Waals surface area contributed by atoms with Gasteiger partial charge in [0.1, 0.15) is 0 Å². The Bertz CT molecular complexity index is 3700. The quantitative estimate of drug-likeness (QED) is 0.135. The van der Waals surface area contributed by atoms with E-state index in [1.807, 2.05) is 0 Å². The summed E-state index contributed by atoms with van der Waals surface area (Å²) in [5, 5.41) is 31.2. The lowest BCUT2D eigenvalue weighted by atomic mass is 9.85. The van der Waals surface area contributed by atoms with Crippen LogP contribution in [0.4, 0.5) is 0 Å². The first-order chi connectivity index (χ1) is 32.3. The van der Waals surface area contributed by atoms with Crippen LogP contribution in [0.2, 0.25) is 0 Å². The van der Waals surface area contributed by atoms with Gasteiger partial charge >= 0.3 is 0 Å². The minimum absolute atomic E-state index is 0.220. The Morgan fingerprint density at radius 1 is 0.308 bits per heavy atom. The zero-order valence-electron chi connectivity index (χ0n) is 36.2. The first kappa shape index (κ1) is 37.9. The molecule has 0 aliphatic heterocycles. The van der Waals surface area contributed by atoms with E-state index in [2.05, 4.69) is 207 Å². The second-order valence-corrected chi connectivity index (χ2v) is 18.0. The molecule has 12 aromatic carbocycles. The molecule has 0 unspecified atom stereocenters. The second-order valence-electron chi connectivity index (χ2n) is 18.0. The van der Waals surface area contributed by atoms with Gasteiger partial charge in [0, 0.05) is 18.4 Å². The minimum Gasteiger partial charge on any atom is -0.396 e. The Morgan fingerprint density at radius 2 is 0.523 bits per heavy atom. The van der Waals surface area contributed by atoms with Gasteiger partial charge in [0.05, 0.1) is 0 Å². The molecule has 0 bridgehead atoms. The molecular formula is C64H46O. The first-order valence-corrected chi connectivity index (χ1v) is 23.2. The number of aliphatic hydroxyl groups is 1. The summed E-state index contributed by atoms with van der Waals surface area (Å²) >= 11 is 0. The summed E-state index contributed by atoms with van der Waals surface area (Å²) in [7, 11) is 0. The molecule has 0 aromatic heterocycles. The number of hydrogen-bond acceptors (Lipinski definition) is 1. The monoisotopic (exact) mass is 830 g/mol. The van der Waals surface area contributed by atoms with Gasteiger partial charge in [-0.1, -0.05) is 200 Å². The van der Waals surface area contributed by atoms with E-state index in [-0.39, 0.29) is 12.5 Å². The molecule has 0 saturated carbocycles. The zero-order chi connectivity index (χ0) is 43.2. The normalized spacial score (nSPS) is 13.2. The van der Waals surface area contributed by atoms with E-state index in [0.717, 1.165) is 19.3 Å². The average molecular weight is 831 g/mol. The number of benzene rings is 12. The van der Waals surface area contributed by atoms with Crippen LogP contribution < -0.4 is 0 Å². The average Bonchev–Trinajstić information content (AvgIpc) is 3.91. The second kappa shape index (κ2) is 15.0. The van der Waals surface area contributed by atoms with Crippen LogP contribution in [0.3, 0.4) is 0 Å². The number of rotatable bonds is 5. The summed E-state index contributed by atoms with van der Waals surface area (Å²) in [5.74, 6) is 0.577. The van der Waals surface area contributed by atoms with Crippen molar-refractivity contribution in [2.24, 2.45) is 0 Å². The maximum absolute atomic E-state index is 9.79. The van der Waals surface area contributed by atoms with Crippen molar-refractivity contribution < 1.29 is 5.11 Å². The highest BCUT2D eigenvalue weighted by atomic mass is 16.2. The molecule has 1 nitrogen and oxygen atoms in total. The van der Waals surface area contributed by atoms with Gasteiger partial charge in [-0.15, -0.1) is 6.58 Å². The summed E-state index contributed by atoms with van der Waals surface area (Å²) in [6.07, 6.45) is 4.77. The van der Waals surface area contributed by atoms with Gasteiger partial charge in [0.15, 0.2) is 0 Å². The van der Waals surface area contributed by atoms with E-state index in [9.17, 15) is 5.11 Å². The molecule has 0 atom stereocenters. The van der Waals surface area contributed by atoms with Crippen LogP contribution in [0.5, 0.6) is 0 Å². The number of allylic oxidation sites excluding steroid dienone is 1. The first-order valence-electron chi connectivity index (χ1n) is 23.2. The van der Waals surface area contributed by atoms with Crippen molar-refractivity contribution >= 4 is 86.2 Å². The third-order valence-electron chi connectivity index (χ3n) is 14.8. The molecule has 2 aliphatic carbocycles. The summed E-state index contributed by atoms with van der Waals surface area (Å²) in [6, 6.07) is 71.3. The fourth-order valence-electron chi connectivity index (χ4n) is 12.5. The summed E-state index contributed by atoms with van der Waals surface area (Å²) in [5.41, 5.74) is 11.4. The predicted octanol–water partition coefficient (Wildman–Crippen LogP) is 17.2. The standard InChI is InChI=1S/C32H24O.C32H22/c33-19-9-18-28-29-24-14-5-1-10-20(24)22-12-3-7-16-26(22)31(29)32-27-17-8-4-13-23(27)21-11-2-6-15-25(21)30(28)32;1-2-11-28-29-24-16-7-3-12-20(24)22-14-5-9-18-26(22)31(29)32-27-19-10-6-15-23(27)21-13-4-8-17-25(21)30(28)32/h1-8,10-17,28,33H,9,18-19H2;2-10,12-19,28H,1,11H2. The number of fused-ring (bicyclic) bond motifs is 26. The molecule has 65 heavy (non-hydrogen) atoms. The molecule has 12 aromatic rings. The van der Waals surface area contributed by atoms with Gasteiger partial charge in [-0.05, 0) is 150 Å². The fraction of sp³-hybridized carbons (Fsp3) is 0.0938. The minimum atomic E-state index is 0.220. The molecular weight excluding hydrogens is 785 g/mol. The molecule has 0 radical (unpaired) electrons. The largest absolute Gasteiger partial charge is 0.396 e. The van der Waals surface area contributed by atoms with Crippen LogP contribution >= 0.6 is 0 Å². The third-order valence-corrected chi connectivity index (χ3v) is 14.8. The molecule has 0 heterocycles. The summed E-state index contributed by atoms with van der Waals surface area (Å²) in [4.78, 5) is 0. The Morgan fingerprint density at radius 3 is 0.769 bits per heavy atom. The molecule has 308 valence electrons. The third kappa shape index (κ3) is 5.43. The highest BCUT2D eigenvalue weighted by molar-refractivity contribution is 6.27. The molecule has 0 fully saturated rings. The zero-order valence-corrected chi connectivity index (χ0v) is 36.2. The van der Waals surface area contributed by atoms with E-state index >= 15 is 0 Å². The van der Waals surface area contributed by atoms with Gasteiger partial charge in [0.2, 0.25) is 0 Å². The van der Waals surface area contributed by atoms with Crippen LogP contribution in [-0.2, 0) is 0 Å². The number of hydrogen-bond donors (Lipinski definition) is 1. The SMILES string of the molecule is C=CCC1c2c(c3ccccc3c3ccccc23)-c2c1c1ccccc1c1ccccc21.OCCCC1c2c(c3ccccc3c3ccccc23)-c2c1c1ccccc1c1ccccc21. The fourth-order valence-corrected chi connectivity index (χ4v) is 12.5. The van der Waals surface area contributed by atoms with Crippen molar-refractivity contribution in [3.8, 4) is 22.3 Å². The van der Waals surface area contributed by atoms with Gasteiger partial charge in [-0.3, -0.25) is 0 Å². The van der Waals surface area contributed by atoms with Crippen LogP contribution in [0, 0.1) is 0 Å². The van der Waals surface area contributed by atoms with E-state index in [4.69, 9.17) is 0 Å². The van der Waals surface area contributed by atoms with Crippen molar-refractivity contribution in [3.05, 3.63) is 229 Å². The van der Waals surface area contributed by atoms with Crippen molar-refractivity contribution in [3.63, 3.8) is 0 Å². The van der Waals surface area contributed by atoms with Crippen molar-refractivity contribution in [1.29, 1.82) is 0 Å². The van der Waals surface area contributed by atoms with E-state index in [1.54, 1.807) is 0 Å². The summed E-state index contributed by atoms with van der Waals surface area (Å²) < 4.78 is 0. The Kier molecular flexibility index (Phi) is 8.76. The van der Waals surface area contributed by atoms with Crippen molar-refractivity contribution in [2.75, 3.05) is 6.61 Å². The molecule has 1 heteroatoms. The van der Waals surface area contributed by atoms with Crippen LogP contribution in [0.1, 0.15) is 53.4 Å². The molecule has 14 rings (SSSR count). The maximum atomic E-state index is 9.79. The van der Waals surface area contributed by atoms with Crippen LogP contribution in [0.25, 0.3) is 108 Å². The van der Waals surface area contributed by atoms with Crippen LogP contribution in [0.15, 0.2) is 207 Å². The molecule has 0 amide bonds. The highest BCUT2D eigenvalue weighted by Crippen LogP contribution is 2.59. The van der Waals surface area contributed by atoms with E-state index in [0.29, 0.717) is 5.92 Å². The molecule has 2 aliphatic rings. The Labute approximate surface area is 378 Å². The van der Waals surface area contributed by atoms with Gasteiger partial charge in [-0.2, -0.15) is 0 Å². The lowest BCUT2D eigenvalue weighted by Crippen LogP contribution is -2.01. The van der Waals surface area contributed by atoms with Gasteiger partial charge in [-0.25, -0.2) is 0 Å². The smallest absolute Gasteiger partial charge is 0.0431 e. The lowest BCUT2D eigenvalue weighted by molar-refractivity contribution is 0.282. The molecule has 1 N–H and O–H groups in total. The predicted molar refractivity (Wildman–Crippen MR) is 279 cm³/mol.